The normalized spacial score (nSPS) is 18.5. The van der Waals surface area contributed by atoms with Gasteiger partial charge in [0.1, 0.15) is 17.0 Å². The van der Waals surface area contributed by atoms with Gasteiger partial charge in [0.15, 0.2) is 0 Å². The average molecular weight is 438 g/mol. The van der Waals surface area contributed by atoms with Gasteiger partial charge in [0, 0.05) is 29.6 Å². The molecule has 1 aliphatic heterocycles. The smallest absolute Gasteiger partial charge is 0.411 e. The Morgan fingerprint density at radius 1 is 1.12 bits per heavy atom. The van der Waals surface area contributed by atoms with Crippen molar-refractivity contribution in [2.45, 2.75) is 58.3 Å². The predicted molar refractivity (Wildman–Crippen MR) is 121 cm³/mol. The number of ether oxygens (including phenoxy) is 1. The van der Waals surface area contributed by atoms with E-state index in [0.29, 0.717) is 6.54 Å². The van der Waals surface area contributed by atoms with E-state index in [0.717, 1.165) is 27.7 Å². The molecule has 168 valence electrons. The topological polar surface area (TPSA) is 77.6 Å². The first-order valence-corrected chi connectivity index (χ1v) is 10.6. The molecular formula is C25H28FN3O3. The summed E-state index contributed by atoms with van der Waals surface area (Å²) in [6.07, 6.45) is -0.295. The number of halogens is 1. The Morgan fingerprint density at radius 2 is 1.78 bits per heavy atom. The SMILES string of the molecule is CC(C)(C)OC(=O)N1Cc2c(c3ccccc3n2Cc2ccc(F)cc2)CC1(C)C(N)=O. The number of carbonyl (C=O) groups is 2. The Morgan fingerprint density at radius 3 is 2.41 bits per heavy atom. The van der Waals surface area contributed by atoms with Crippen LogP contribution < -0.4 is 5.73 Å². The van der Waals surface area contributed by atoms with Gasteiger partial charge in [-0.05, 0) is 57.0 Å². The quantitative estimate of drug-likeness (QED) is 0.661. The van der Waals surface area contributed by atoms with Crippen molar-refractivity contribution in [1.29, 1.82) is 0 Å². The van der Waals surface area contributed by atoms with Gasteiger partial charge in [0.25, 0.3) is 0 Å². The number of carbonyl (C=O) groups excluding carboxylic acids is 2. The number of benzene rings is 2. The number of aromatic nitrogens is 1. The number of rotatable bonds is 3. The minimum atomic E-state index is -1.22. The van der Waals surface area contributed by atoms with Crippen molar-refractivity contribution in [3.63, 3.8) is 0 Å². The minimum absolute atomic E-state index is 0.180. The van der Waals surface area contributed by atoms with Gasteiger partial charge in [0.2, 0.25) is 5.91 Å². The van der Waals surface area contributed by atoms with Gasteiger partial charge in [0.05, 0.1) is 6.54 Å². The lowest BCUT2D eigenvalue weighted by atomic mass is 9.85. The fraction of sp³-hybridized carbons (Fsp3) is 0.360. The molecule has 3 aromatic rings. The Labute approximate surface area is 186 Å². The van der Waals surface area contributed by atoms with Gasteiger partial charge in [-0.25, -0.2) is 9.18 Å². The summed E-state index contributed by atoms with van der Waals surface area (Å²) in [5.74, 6) is -0.870. The number of primary amides is 1. The fourth-order valence-electron chi connectivity index (χ4n) is 4.33. The van der Waals surface area contributed by atoms with E-state index in [1.54, 1.807) is 39.8 Å². The second-order valence-corrected chi connectivity index (χ2v) is 9.54. The van der Waals surface area contributed by atoms with Crippen LogP contribution in [0.5, 0.6) is 0 Å². The zero-order chi connectivity index (χ0) is 23.3. The standard InChI is InChI=1S/C25H28FN3O3/c1-24(2,3)32-23(31)29-15-21-19(13-25(29,4)22(27)30)18-7-5-6-8-20(18)28(21)14-16-9-11-17(26)12-10-16/h5-12H,13-15H2,1-4H3,(H2,27,30). The fourth-order valence-corrected chi connectivity index (χ4v) is 4.33. The van der Waals surface area contributed by atoms with Crippen molar-refractivity contribution in [3.8, 4) is 0 Å². The molecule has 1 aromatic heterocycles. The molecule has 2 amide bonds. The number of para-hydroxylation sites is 1. The Bertz CT molecular complexity index is 1190. The van der Waals surface area contributed by atoms with Crippen molar-refractivity contribution in [2.24, 2.45) is 5.73 Å². The highest BCUT2D eigenvalue weighted by Gasteiger charge is 2.47. The summed E-state index contributed by atoms with van der Waals surface area (Å²) in [6, 6.07) is 14.3. The first-order valence-electron chi connectivity index (χ1n) is 10.6. The molecule has 6 nitrogen and oxygen atoms in total. The van der Waals surface area contributed by atoms with Crippen LogP contribution in [0.15, 0.2) is 48.5 Å². The number of nitrogens with two attached hydrogens (primary N) is 1. The highest BCUT2D eigenvalue weighted by atomic mass is 19.1. The molecule has 0 aliphatic carbocycles. The van der Waals surface area contributed by atoms with Crippen LogP contribution in [0.3, 0.4) is 0 Å². The van der Waals surface area contributed by atoms with Crippen LogP contribution in [0.4, 0.5) is 9.18 Å². The monoisotopic (exact) mass is 437 g/mol. The molecule has 2 N–H and O–H groups in total. The van der Waals surface area contributed by atoms with Crippen LogP contribution in [0.25, 0.3) is 10.9 Å². The molecule has 0 bridgehead atoms. The molecule has 0 saturated heterocycles. The summed E-state index contributed by atoms with van der Waals surface area (Å²) < 4.78 is 21.2. The molecule has 0 saturated carbocycles. The number of hydrogen-bond donors (Lipinski definition) is 1. The van der Waals surface area contributed by atoms with Crippen LogP contribution in [0.2, 0.25) is 0 Å². The van der Waals surface area contributed by atoms with Crippen molar-refractivity contribution < 1.29 is 18.7 Å². The third kappa shape index (κ3) is 3.83. The lowest BCUT2D eigenvalue weighted by molar-refractivity contribution is -0.130. The molecule has 0 radical (unpaired) electrons. The summed E-state index contributed by atoms with van der Waals surface area (Å²) in [4.78, 5) is 27.1. The van der Waals surface area contributed by atoms with Gasteiger partial charge in [-0.2, -0.15) is 0 Å². The van der Waals surface area contributed by atoms with E-state index < -0.39 is 23.1 Å². The highest BCUT2D eigenvalue weighted by Crippen LogP contribution is 2.38. The maximum atomic E-state index is 13.4. The number of hydrogen-bond acceptors (Lipinski definition) is 3. The lowest BCUT2D eigenvalue weighted by Crippen LogP contribution is -2.61. The van der Waals surface area contributed by atoms with E-state index in [1.165, 1.54) is 17.0 Å². The number of amides is 2. The Hall–Kier alpha value is -3.35. The predicted octanol–water partition coefficient (Wildman–Crippen LogP) is 4.37. The van der Waals surface area contributed by atoms with Crippen LogP contribution in [-0.2, 0) is 29.0 Å². The molecule has 1 unspecified atom stereocenters. The van der Waals surface area contributed by atoms with E-state index in [4.69, 9.17) is 10.5 Å². The van der Waals surface area contributed by atoms with Gasteiger partial charge < -0.3 is 15.0 Å². The van der Waals surface area contributed by atoms with Crippen molar-refractivity contribution in [3.05, 3.63) is 71.2 Å². The van der Waals surface area contributed by atoms with Crippen LogP contribution in [0.1, 0.15) is 44.5 Å². The first-order chi connectivity index (χ1) is 15.0. The zero-order valence-electron chi connectivity index (χ0n) is 18.8. The van der Waals surface area contributed by atoms with E-state index in [-0.39, 0.29) is 18.8 Å². The molecule has 2 heterocycles. The van der Waals surface area contributed by atoms with Gasteiger partial charge >= 0.3 is 6.09 Å². The molecule has 1 atom stereocenters. The average Bonchev–Trinajstić information content (AvgIpc) is 3.00. The summed E-state index contributed by atoms with van der Waals surface area (Å²) in [5, 5.41) is 1.01. The molecule has 4 rings (SSSR count). The summed E-state index contributed by atoms with van der Waals surface area (Å²) in [5.41, 5.74) is 7.70. The number of nitrogens with zero attached hydrogens (tertiary/aromatic N) is 2. The summed E-state index contributed by atoms with van der Waals surface area (Å²) in [6.45, 7) is 7.73. The van der Waals surface area contributed by atoms with Gasteiger partial charge in [-0.15, -0.1) is 0 Å². The van der Waals surface area contributed by atoms with Crippen LogP contribution in [-0.4, -0.2) is 32.6 Å². The molecular weight excluding hydrogens is 409 g/mol. The Kier molecular flexibility index (Phi) is 5.23. The van der Waals surface area contributed by atoms with Crippen molar-refractivity contribution in [1.82, 2.24) is 9.47 Å². The maximum absolute atomic E-state index is 13.4. The largest absolute Gasteiger partial charge is 0.444 e. The third-order valence-electron chi connectivity index (χ3n) is 6.02. The van der Waals surface area contributed by atoms with Crippen molar-refractivity contribution >= 4 is 22.9 Å². The van der Waals surface area contributed by atoms with Gasteiger partial charge in [-0.3, -0.25) is 9.69 Å². The molecule has 0 fully saturated rings. The minimum Gasteiger partial charge on any atom is -0.444 e. The highest BCUT2D eigenvalue weighted by molar-refractivity contribution is 5.92. The molecule has 2 aromatic carbocycles. The van der Waals surface area contributed by atoms with E-state index in [1.807, 2.05) is 24.3 Å². The first kappa shape index (κ1) is 21.9. The van der Waals surface area contributed by atoms with E-state index in [9.17, 15) is 14.0 Å². The van der Waals surface area contributed by atoms with Crippen LogP contribution in [0, 0.1) is 5.82 Å². The van der Waals surface area contributed by atoms with Crippen LogP contribution >= 0.6 is 0 Å². The van der Waals surface area contributed by atoms with Gasteiger partial charge in [-0.1, -0.05) is 30.3 Å². The second kappa shape index (κ2) is 7.65. The molecule has 1 aliphatic rings. The second-order valence-electron chi connectivity index (χ2n) is 9.54. The number of fused-ring (bicyclic) bond motifs is 3. The van der Waals surface area contributed by atoms with E-state index >= 15 is 0 Å². The maximum Gasteiger partial charge on any atom is 0.411 e. The van der Waals surface area contributed by atoms with Crippen molar-refractivity contribution in [2.75, 3.05) is 0 Å². The third-order valence-corrected chi connectivity index (χ3v) is 6.02. The Balaban J connectivity index is 1.85. The molecule has 0 spiro atoms. The van der Waals surface area contributed by atoms with E-state index in [2.05, 4.69) is 4.57 Å². The zero-order valence-corrected chi connectivity index (χ0v) is 18.8. The lowest BCUT2D eigenvalue weighted by Gasteiger charge is -2.43. The summed E-state index contributed by atoms with van der Waals surface area (Å²) >= 11 is 0. The molecule has 7 heteroatoms. The summed E-state index contributed by atoms with van der Waals surface area (Å²) in [7, 11) is 0. The molecule has 32 heavy (non-hydrogen) atoms.